The van der Waals surface area contributed by atoms with Crippen LogP contribution in [0.5, 0.6) is 0 Å². The Labute approximate surface area is 162 Å². The second-order valence-corrected chi connectivity index (χ2v) is 6.88. The van der Waals surface area contributed by atoms with E-state index in [1.165, 1.54) is 32.4 Å². The van der Waals surface area contributed by atoms with Gasteiger partial charge in [-0.1, -0.05) is 12.1 Å². The number of nitrogens with zero attached hydrogens (tertiary/aromatic N) is 2. The van der Waals surface area contributed by atoms with E-state index < -0.39 is 34.4 Å². The van der Waals surface area contributed by atoms with Crippen LogP contribution in [0, 0.1) is 16.0 Å². The molecule has 3 atom stereocenters. The van der Waals surface area contributed by atoms with Crippen LogP contribution in [-0.2, 0) is 23.8 Å². The zero-order chi connectivity index (χ0) is 20.6. The van der Waals surface area contributed by atoms with Crippen LogP contribution in [0.25, 0.3) is 0 Å². The lowest BCUT2D eigenvalue weighted by Crippen LogP contribution is -2.57. The van der Waals surface area contributed by atoms with Gasteiger partial charge in [-0.05, 0) is 19.4 Å². The fourth-order valence-electron chi connectivity index (χ4n) is 4.31. The Morgan fingerprint density at radius 3 is 2.64 bits per heavy atom. The van der Waals surface area contributed by atoms with Crippen molar-refractivity contribution in [1.82, 2.24) is 4.90 Å². The summed E-state index contributed by atoms with van der Waals surface area (Å²) < 4.78 is 16.0. The van der Waals surface area contributed by atoms with Crippen LogP contribution < -0.4 is 0 Å². The predicted octanol–water partition coefficient (Wildman–Crippen LogP) is 1.98. The van der Waals surface area contributed by atoms with E-state index in [-0.39, 0.29) is 11.3 Å². The third-order valence-corrected chi connectivity index (χ3v) is 5.56. The predicted molar refractivity (Wildman–Crippen MR) is 97.1 cm³/mol. The summed E-state index contributed by atoms with van der Waals surface area (Å²) in [5.74, 6) is -2.91. The number of carbonyl (C=O) groups excluding carboxylic acids is 2. The van der Waals surface area contributed by atoms with Gasteiger partial charge in [0.1, 0.15) is 5.92 Å². The quantitative estimate of drug-likeness (QED) is 0.436. The molecule has 0 amide bonds. The Balaban J connectivity index is 2.29. The van der Waals surface area contributed by atoms with E-state index in [2.05, 4.69) is 0 Å². The lowest BCUT2D eigenvalue weighted by Gasteiger charge is -2.48. The van der Waals surface area contributed by atoms with Crippen molar-refractivity contribution in [2.24, 2.45) is 5.92 Å². The van der Waals surface area contributed by atoms with Crippen molar-refractivity contribution < 1.29 is 28.7 Å². The average molecular weight is 390 g/mol. The molecular formula is C19H22N2O7. The number of ether oxygens (including phenoxy) is 3. The highest BCUT2D eigenvalue weighted by molar-refractivity contribution is 5.93. The highest BCUT2D eigenvalue weighted by Gasteiger charge is 2.58. The van der Waals surface area contributed by atoms with E-state index in [1.807, 2.05) is 4.90 Å². The van der Waals surface area contributed by atoms with Gasteiger partial charge in [-0.3, -0.25) is 14.9 Å². The molecule has 0 saturated carbocycles. The number of hydrogen-bond acceptors (Lipinski definition) is 8. The standard InChI is InChI=1S/C19H22N2O7/c1-11-14(17(22)26-3)15(12-6-5-7-13(10-12)21(24)25)16(18(23)27-4)19(2)20(11)8-9-28-19/h5-7,10,15-16H,8-9H2,1-4H3/t15-,16-,19+/m1/s1. The summed E-state index contributed by atoms with van der Waals surface area (Å²) in [6.07, 6.45) is 0. The van der Waals surface area contributed by atoms with Crippen molar-refractivity contribution in [1.29, 1.82) is 0 Å². The molecule has 1 fully saturated rings. The van der Waals surface area contributed by atoms with Gasteiger partial charge >= 0.3 is 11.9 Å². The highest BCUT2D eigenvalue weighted by atomic mass is 16.6. The second-order valence-electron chi connectivity index (χ2n) is 6.88. The Bertz CT molecular complexity index is 866. The zero-order valence-electron chi connectivity index (χ0n) is 16.1. The summed E-state index contributed by atoms with van der Waals surface area (Å²) in [4.78, 5) is 38.1. The summed E-state index contributed by atoms with van der Waals surface area (Å²) in [5.41, 5.74) is 0.137. The van der Waals surface area contributed by atoms with Crippen molar-refractivity contribution >= 4 is 17.6 Å². The minimum atomic E-state index is -1.05. The first kappa shape index (κ1) is 19.8. The summed E-state index contributed by atoms with van der Waals surface area (Å²) in [7, 11) is 2.52. The van der Waals surface area contributed by atoms with Crippen molar-refractivity contribution in [3.05, 3.63) is 51.2 Å². The number of benzene rings is 1. The van der Waals surface area contributed by atoms with E-state index in [9.17, 15) is 19.7 Å². The molecule has 2 heterocycles. The highest BCUT2D eigenvalue weighted by Crippen LogP contribution is 2.51. The fourth-order valence-corrected chi connectivity index (χ4v) is 4.31. The topological polar surface area (TPSA) is 108 Å². The van der Waals surface area contributed by atoms with Crippen LogP contribution >= 0.6 is 0 Å². The lowest BCUT2D eigenvalue weighted by atomic mass is 9.71. The SMILES string of the molecule is COC(=O)C1=C(C)N2CCO[C@@]2(C)[C@@H](C(=O)OC)[C@@H]1c1cccc([N+](=O)[O-])c1. The molecule has 3 rings (SSSR count). The van der Waals surface area contributed by atoms with Gasteiger partial charge in [-0.15, -0.1) is 0 Å². The molecule has 1 aromatic carbocycles. The van der Waals surface area contributed by atoms with Gasteiger partial charge in [-0.25, -0.2) is 4.79 Å². The van der Waals surface area contributed by atoms with Gasteiger partial charge in [0, 0.05) is 30.3 Å². The van der Waals surface area contributed by atoms with Crippen molar-refractivity contribution in [2.75, 3.05) is 27.4 Å². The number of rotatable bonds is 4. The molecule has 0 bridgehead atoms. The summed E-state index contributed by atoms with van der Waals surface area (Å²) in [6, 6.07) is 5.90. The normalized spacial score (nSPS) is 26.6. The minimum Gasteiger partial charge on any atom is -0.469 e. The first-order valence-corrected chi connectivity index (χ1v) is 8.79. The number of esters is 2. The maximum absolute atomic E-state index is 12.8. The third-order valence-electron chi connectivity index (χ3n) is 5.56. The molecule has 150 valence electrons. The first-order valence-electron chi connectivity index (χ1n) is 8.79. The van der Waals surface area contributed by atoms with Crippen molar-refractivity contribution in [2.45, 2.75) is 25.5 Å². The Morgan fingerprint density at radius 2 is 2.04 bits per heavy atom. The monoisotopic (exact) mass is 390 g/mol. The third kappa shape index (κ3) is 2.91. The summed E-state index contributed by atoms with van der Waals surface area (Å²) >= 11 is 0. The maximum Gasteiger partial charge on any atom is 0.336 e. The Hall–Kier alpha value is -2.94. The zero-order valence-corrected chi connectivity index (χ0v) is 16.1. The van der Waals surface area contributed by atoms with E-state index >= 15 is 0 Å². The van der Waals surface area contributed by atoms with Gasteiger partial charge in [0.05, 0.1) is 31.3 Å². The molecule has 0 radical (unpaired) electrons. The summed E-state index contributed by atoms with van der Waals surface area (Å²) in [6.45, 7) is 4.40. The number of carbonyl (C=O) groups is 2. The molecule has 0 spiro atoms. The number of allylic oxidation sites excluding steroid dienone is 1. The van der Waals surface area contributed by atoms with Crippen LogP contribution in [0.3, 0.4) is 0 Å². The smallest absolute Gasteiger partial charge is 0.336 e. The number of hydrogen-bond donors (Lipinski definition) is 0. The van der Waals surface area contributed by atoms with Crippen molar-refractivity contribution in [3.63, 3.8) is 0 Å². The van der Waals surface area contributed by atoms with Gasteiger partial charge in [-0.2, -0.15) is 0 Å². The largest absolute Gasteiger partial charge is 0.469 e. The van der Waals surface area contributed by atoms with E-state index in [0.717, 1.165) is 0 Å². The van der Waals surface area contributed by atoms with Crippen LogP contribution in [0.2, 0.25) is 0 Å². The maximum atomic E-state index is 12.8. The molecule has 2 aliphatic heterocycles. The van der Waals surface area contributed by atoms with Crippen LogP contribution in [0.1, 0.15) is 25.3 Å². The van der Waals surface area contributed by atoms with E-state index in [0.29, 0.717) is 24.4 Å². The van der Waals surface area contributed by atoms with Gasteiger partial charge in [0.2, 0.25) is 0 Å². The van der Waals surface area contributed by atoms with Crippen LogP contribution in [0.4, 0.5) is 5.69 Å². The molecule has 28 heavy (non-hydrogen) atoms. The first-order chi connectivity index (χ1) is 13.3. The molecule has 0 aliphatic carbocycles. The molecule has 2 aliphatic rings. The number of fused-ring (bicyclic) bond motifs is 1. The molecule has 1 saturated heterocycles. The number of non-ortho nitro benzene ring substituents is 1. The van der Waals surface area contributed by atoms with Gasteiger partial charge in [0.25, 0.3) is 5.69 Å². The summed E-state index contributed by atoms with van der Waals surface area (Å²) in [5, 5.41) is 11.3. The second kappa shape index (κ2) is 7.23. The van der Waals surface area contributed by atoms with Crippen LogP contribution in [-0.4, -0.2) is 54.9 Å². The number of nitro benzene ring substituents is 1. The Kier molecular flexibility index (Phi) is 5.12. The molecule has 0 N–H and O–H groups in total. The van der Waals surface area contributed by atoms with Gasteiger partial charge in [0.15, 0.2) is 5.72 Å². The number of methoxy groups -OCH3 is 2. The number of nitro groups is 1. The molecular weight excluding hydrogens is 368 g/mol. The molecule has 9 heteroatoms. The minimum absolute atomic E-state index is 0.136. The molecule has 0 aromatic heterocycles. The van der Waals surface area contributed by atoms with Crippen molar-refractivity contribution in [3.8, 4) is 0 Å². The lowest BCUT2D eigenvalue weighted by molar-refractivity contribution is -0.384. The molecule has 9 nitrogen and oxygen atoms in total. The van der Waals surface area contributed by atoms with Gasteiger partial charge < -0.3 is 19.1 Å². The van der Waals surface area contributed by atoms with E-state index in [4.69, 9.17) is 14.2 Å². The molecule has 0 unspecified atom stereocenters. The van der Waals surface area contributed by atoms with Crippen LogP contribution in [0.15, 0.2) is 35.5 Å². The Morgan fingerprint density at radius 1 is 1.32 bits per heavy atom. The molecule has 1 aromatic rings. The van der Waals surface area contributed by atoms with E-state index in [1.54, 1.807) is 19.9 Å². The fraction of sp³-hybridized carbons (Fsp3) is 0.474. The average Bonchev–Trinajstić information content (AvgIpc) is 3.09.